The van der Waals surface area contributed by atoms with Gasteiger partial charge in [-0.1, -0.05) is 47.5 Å². The molecule has 1 amide bonds. The molecule has 0 spiro atoms. The van der Waals surface area contributed by atoms with E-state index in [-0.39, 0.29) is 50.3 Å². The van der Waals surface area contributed by atoms with Crippen LogP contribution in [0.25, 0.3) is 21.8 Å². The summed E-state index contributed by atoms with van der Waals surface area (Å²) in [6, 6.07) is 19.3. The van der Waals surface area contributed by atoms with E-state index in [0.717, 1.165) is 26.7 Å². The maximum Gasteiger partial charge on any atom is 0.340 e. The van der Waals surface area contributed by atoms with E-state index in [4.69, 9.17) is 4.74 Å². The molecule has 40 heavy (non-hydrogen) atoms. The summed E-state index contributed by atoms with van der Waals surface area (Å²) >= 11 is 0. The number of aryl methyl sites for hydroxylation is 2. The number of nitrogens with zero attached hydrogens (tertiary/aromatic N) is 2. The molecule has 0 aliphatic carbocycles. The van der Waals surface area contributed by atoms with E-state index in [1.54, 1.807) is 17.0 Å². The predicted molar refractivity (Wildman–Crippen MR) is 149 cm³/mol. The number of hydrogen-bond donors (Lipinski definition) is 0. The zero-order chi connectivity index (χ0) is 28.3. The first kappa shape index (κ1) is 25.8. The number of halogens is 1. The van der Waals surface area contributed by atoms with E-state index in [1.165, 1.54) is 37.4 Å². The van der Waals surface area contributed by atoms with E-state index >= 15 is 0 Å². The Hall–Kier alpha value is -4.50. The van der Waals surface area contributed by atoms with Crippen molar-refractivity contribution in [1.82, 2.24) is 8.87 Å². The molecule has 202 valence electrons. The Balaban J connectivity index is 1.67. The molecule has 0 bridgehead atoms. The molecule has 9 heteroatoms. The van der Waals surface area contributed by atoms with Crippen LogP contribution in [0.15, 0.2) is 77.7 Å². The number of benzene rings is 4. The van der Waals surface area contributed by atoms with E-state index < -0.39 is 21.8 Å². The number of hydrogen-bond acceptors (Lipinski definition) is 5. The molecule has 0 unspecified atom stereocenters. The van der Waals surface area contributed by atoms with Crippen LogP contribution in [0, 0.1) is 19.7 Å². The number of carbonyl (C=O) groups is 2. The summed E-state index contributed by atoms with van der Waals surface area (Å²) < 4.78 is 49.0. The summed E-state index contributed by atoms with van der Waals surface area (Å²) in [6.45, 7) is 4.34. The third-order valence-electron chi connectivity index (χ3n) is 7.35. The number of esters is 1. The van der Waals surface area contributed by atoms with Crippen molar-refractivity contribution >= 4 is 43.7 Å². The molecule has 2 heterocycles. The van der Waals surface area contributed by atoms with Gasteiger partial charge in [-0.25, -0.2) is 21.6 Å². The molecule has 4 aromatic carbocycles. The third-order valence-corrected chi connectivity index (χ3v) is 9.08. The summed E-state index contributed by atoms with van der Waals surface area (Å²) in [5.41, 5.74) is 3.80. The van der Waals surface area contributed by atoms with Crippen LogP contribution in [-0.4, -0.2) is 36.3 Å². The number of carbonyl (C=O) groups excluding carboxylic acids is 2. The summed E-state index contributed by atoms with van der Waals surface area (Å²) in [5, 5.41) is 0.428. The fourth-order valence-corrected chi connectivity index (χ4v) is 6.92. The quantitative estimate of drug-likeness (QED) is 0.258. The largest absolute Gasteiger partial charge is 0.465 e. The molecule has 6 rings (SSSR count). The Morgan fingerprint density at radius 1 is 0.950 bits per heavy atom. The highest BCUT2D eigenvalue weighted by Gasteiger charge is 2.36. The van der Waals surface area contributed by atoms with Gasteiger partial charge in [-0.2, -0.15) is 0 Å². The van der Waals surface area contributed by atoms with Crippen LogP contribution >= 0.6 is 0 Å². The lowest BCUT2D eigenvalue weighted by Crippen LogP contribution is -2.23. The smallest absolute Gasteiger partial charge is 0.340 e. The molecule has 0 saturated carbocycles. The monoisotopic (exact) mass is 556 g/mol. The highest BCUT2D eigenvalue weighted by molar-refractivity contribution is 7.90. The lowest BCUT2D eigenvalue weighted by molar-refractivity contribution is 0.0602. The van der Waals surface area contributed by atoms with Gasteiger partial charge in [0.2, 0.25) is 0 Å². The lowest BCUT2D eigenvalue weighted by Gasteiger charge is -2.15. The molecule has 7 nitrogen and oxygen atoms in total. The van der Waals surface area contributed by atoms with Crippen LogP contribution in [0.3, 0.4) is 0 Å². The Bertz CT molecular complexity index is 1960. The molecule has 0 saturated heterocycles. The fourth-order valence-electron chi connectivity index (χ4n) is 5.38. The topological polar surface area (TPSA) is 85.7 Å². The Morgan fingerprint density at radius 2 is 1.60 bits per heavy atom. The van der Waals surface area contributed by atoms with Gasteiger partial charge in [0.15, 0.2) is 0 Å². The number of amides is 1. The van der Waals surface area contributed by atoms with Gasteiger partial charge < -0.3 is 9.64 Å². The first-order valence-electron chi connectivity index (χ1n) is 12.6. The van der Waals surface area contributed by atoms with Crippen LogP contribution in [0.5, 0.6) is 0 Å². The minimum Gasteiger partial charge on any atom is -0.465 e. The molecule has 0 radical (unpaired) electrons. The minimum absolute atomic E-state index is 0.00939. The summed E-state index contributed by atoms with van der Waals surface area (Å²) in [4.78, 5) is 28.6. The summed E-state index contributed by atoms with van der Waals surface area (Å²) in [5.74, 6) is -1.69. The average Bonchev–Trinajstić information content (AvgIpc) is 3.43. The second kappa shape index (κ2) is 9.31. The van der Waals surface area contributed by atoms with Gasteiger partial charge in [-0.3, -0.25) is 4.79 Å². The average molecular weight is 557 g/mol. The van der Waals surface area contributed by atoms with E-state index in [0.29, 0.717) is 12.1 Å². The maximum atomic E-state index is 14.7. The Morgan fingerprint density at radius 3 is 2.25 bits per heavy atom. The summed E-state index contributed by atoms with van der Waals surface area (Å²) in [6.07, 6.45) is 0. The standard InChI is InChI=1S/C31H25FN2O5S/c1-18-4-8-20(9-5-18)16-33-17-21-14-25(31(36)39-3)29-28(27(21)30(33)35)24-15-22(32)10-13-26(24)34(29)40(37,38)23-11-6-19(2)7-12-23/h4-15H,16-17H2,1-3H3. The van der Waals surface area contributed by atoms with Crippen LogP contribution < -0.4 is 0 Å². The van der Waals surface area contributed by atoms with Gasteiger partial charge in [-0.15, -0.1) is 0 Å². The van der Waals surface area contributed by atoms with Crippen molar-refractivity contribution in [3.63, 3.8) is 0 Å². The van der Waals surface area contributed by atoms with E-state index in [9.17, 15) is 22.4 Å². The van der Waals surface area contributed by atoms with Crippen molar-refractivity contribution in [1.29, 1.82) is 0 Å². The molecule has 1 aliphatic heterocycles. The minimum atomic E-state index is -4.28. The molecule has 0 atom stereocenters. The van der Waals surface area contributed by atoms with Crippen LogP contribution in [0.2, 0.25) is 0 Å². The second-order valence-electron chi connectivity index (χ2n) is 10.1. The maximum absolute atomic E-state index is 14.7. The highest BCUT2D eigenvalue weighted by Crippen LogP contribution is 2.41. The van der Waals surface area contributed by atoms with Gasteiger partial charge in [0.1, 0.15) is 5.82 Å². The Labute approximate surface area is 230 Å². The van der Waals surface area contributed by atoms with Gasteiger partial charge in [0, 0.05) is 23.9 Å². The first-order chi connectivity index (χ1) is 19.1. The lowest BCUT2D eigenvalue weighted by atomic mass is 9.98. The first-order valence-corrected chi connectivity index (χ1v) is 14.1. The van der Waals surface area contributed by atoms with Crippen LogP contribution in [0.1, 0.15) is 43.0 Å². The fraction of sp³-hybridized carbons (Fsp3) is 0.161. The molecular weight excluding hydrogens is 531 g/mol. The van der Waals surface area contributed by atoms with Crippen LogP contribution in [-0.2, 0) is 27.8 Å². The van der Waals surface area contributed by atoms with E-state index in [1.807, 2.05) is 38.1 Å². The second-order valence-corrected chi connectivity index (χ2v) is 11.9. The van der Waals surface area contributed by atoms with Crippen LogP contribution in [0.4, 0.5) is 4.39 Å². The number of fused-ring (bicyclic) bond motifs is 5. The zero-order valence-corrected chi connectivity index (χ0v) is 22.9. The van der Waals surface area contributed by atoms with Crippen molar-refractivity contribution in [2.45, 2.75) is 31.8 Å². The van der Waals surface area contributed by atoms with Gasteiger partial charge >= 0.3 is 5.97 Å². The van der Waals surface area contributed by atoms with Gasteiger partial charge in [-0.05, 0) is 61.4 Å². The molecule has 1 aliphatic rings. The Kier molecular flexibility index (Phi) is 5.99. The number of aromatic nitrogens is 1. The number of ether oxygens (including phenoxy) is 1. The predicted octanol–water partition coefficient (Wildman–Crippen LogP) is 5.73. The number of rotatable bonds is 5. The zero-order valence-electron chi connectivity index (χ0n) is 22.1. The SMILES string of the molecule is COC(=O)c1cc2c(c3c4cc(F)ccc4n(S(=O)(=O)c4ccc(C)cc4)c13)C(=O)N(Cc1ccc(C)cc1)C2. The molecule has 0 fully saturated rings. The normalized spacial score (nSPS) is 13.3. The molecule has 0 N–H and O–H groups in total. The summed E-state index contributed by atoms with van der Waals surface area (Å²) in [7, 11) is -3.08. The van der Waals surface area contributed by atoms with Crippen molar-refractivity contribution in [2.24, 2.45) is 0 Å². The molecular formula is C31H25FN2O5S. The van der Waals surface area contributed by atoms with Crippen molar-refractivity contribution in [2.75, 3.05) is 7.11 Å². The number of methoxy groups -OCH3 is 1. The van der Waals surface area contributed by atoms with Crippen molar-refractivity contribution in [3.05, 3.63) is 112 Å². The van der Waals surface area contributed by atoms with Gasteiger partial charge in [0.05, 0.1) is 34.2 Å². The van der Waals surface area contributed by atoms with Crippen molar-refractivity contribution in [3.8, 4) is 0 Å². The third kappa shape index (κ3) is 3.96. The highest BCUT2D eigenvalue weighted by atomic mass is 32.2. The molecule has 5 aromatic rings. The van der Waals surface area contributed by atoms with Gasteiger partial charge in [0.25, 0.3) is 15.9 Å². The van der Waals surface area contributed by atoms with E-state index in [2.05, 4.69) is 0 Å². The van der Waals surface area contributed by atoms with Crippen molar-refractivity contribution < 1.29 is 27.1 Å². The molecule has 1 aromatic heterocycles.